The van der Waals surface area contributed by atoms with Gasteiger partial charge in [0.2, 0.25) is 11.7 Å². The molecule has 3 saturated heterocycles. The minimum atomic E-state index is -0.527. The molecule has 3 aliphatic rings. The maximum atomic E-state index is 12.6. The Balaban J connectivity index is 1.41. The molecule has 25 heavy (non-hydrogen) atoms. The molecule has 0 saturated carbocycles. The van der Waals surface area contributed by atoms with E-state index in [1.807, 2.05) is 0 Å². The number of piperazine rings is 1. The van der Waals surface area contributed by atoms with Crippen LogP contribution >= 0.6 is 0 Å². The van der Waals surface area contributed by atoms with E-state index in [0.29, 0.717) is 25.4 Å². The third-order valence-electron chi connectivity index (χ3n) is 4.91. The standard InChI is InChI=1S/C15H18N6O4/c1-25-10-3-16-12(17-4-10)14(23)21-7-8-2-9(21)6-20(8)13(22)11-5-18-15(24)19-11/h3-4,8-9,11H,2,5-7H2,1H3,(H2,18,19,24)/t8-,9-,11-/m0/s1. The number of methoxy groups -OCH3 is 1. The van der Waals surface area contributed by atoms with E-state index < -0.39 is 6.04 Å². The Morgan fingerprint density at radius 3 is 2.44 bits per heavy atom. The lowest BCUT2D eigenvalue weighted by molar-refractivity contribution is -0.134. The first-order chi connectivity index (χ1) is 12.1. The molecule has 0 radical (unpaired) electrons. The normalized spacial score (nSPS) is 27.2. The van der Waals surface area contributed by atoms with Crippen molar-refractivity contribution in [2.24, 2.45) is 0 Å². The van der Waals surface area contributed by atoms with E-state index in [2.05, 4.69) is 20.6 Å². The van der Waals surface area contributed by atoms with Crippen LogP contribution in [0.25, 0.3) is 0 Å². The Morgan fingerprint density at radius 2 is 1.88 bits per heavy atom. The molecule has 0 aromatic carbocycles. The van der Waals surface area contributed by atoms with Crippen LogP contribution in [0.5, 0.6) is 5.75 Å². The van der Waals surface area contributed by atoms with Crippen LogP contribution in [0.2, 0.25) is 0 Å². The second kappa shape index (κ2) is 5.87. The quantitative estimate of drug-likeness (QED) is 0.695. The molecule has 0 spiro atoms. The van der Waals surface area contributed by atoms with E-state index in [1.165, 1.54) is 19.5 Å². The monoisotopic (exact) mass is 346 g/mol. The summed E-state index contributed by atoms with van der Waals surface area (Å²) in [5.41, 5.74) is 0. The molecule has 4 rings (SSSR count). The smallest absolute Gasteiger partial charge is 0.315 e. The number of hydrogen-bond donors (Lipinski definition) is 2. The van der Waals surface area contributed by atoms with Crippen molar-refractivity contribution < 1.29 is 19.1 Å². The molecule has 10 heteroatoms. The van der Waals surface area contributed by atoms with E-state index in [0.717, 1.165) is 6.42 Å². The van der Waals surface area contributed by atoms with Crippen LogP contribution in [0.3, 0.4) is 0 Å². The van der Waals surface area contributed by atoms with E-state index in [9.17, 15) is 14.4 Å². The predicted molar refractivity (Wildman–Crippen MR) is 83.8 cm³/mol. The number of urea groups is 1. The second-order valence-corrected chi connectivity index (χ2v) is 6.34. The van der Waals surface area contributed by atoms with Crippen molar-refractivity contribution in [3.63, 3.8) is 0 Å². The number of carbonyl (C=O) groups is 3. The number of rotatable bonds is 3. The summed E-state index contributed by atoms with van der Waals surface area (Å²) in [4.78, 5) is 47.9. The average Bonchev–Trinajstić information content (AvgIpc) is 3.35. The van der Waals surface area contributed by atoms with Crippen LogP contribution in [0.1, 0.15) is 17.0 Å². The lowest BCUT2D eigenvalue weighted by Gasteiger charge is -2.34. The third kappa shape index (κ3) is 2.63. The van der Waals surface area contributed by atoms with Gasteiger partial charge in [-0.05, 0) is 6.42 Å². The van der Waals surface area contributed by atoms with Gasteiger partial charge in [-0.3, -0.25) is 9.59 Å². The predicted octanol–water partition coefficient (Wildman–Crippen LogP) is -1.41. The van der Waals surface area contributed by atoms with Crippen LogP contribution in [0.4, 0.5) is 4.79 Å². The molecule has 0 unspecified atom stereocenters. The van der Waals surface area contributed by atoms with E-state index in [1.54, 1.807) is 9.80 Å². The summed E-state index contributed by atoms with van der Waals surface area (Å²) >= 11 is 0. The summed E-state index contributed by atoms with van der Waals surface area (Å²) in [6.45, 7) is 1.23. The number of likely N-dealkylation sites (tertiary alicyclic amines) is 2. The molecule has 1 aromatic heterocycles. The van der Waals surface area contributed by atoms with Crippen molar-refractivity contribution in [1.29, 1.82) is 0 Å². The summed E-state index contributed by atoms with van der Waals surface area (Å²) in [6.07, 6.45) is 3.65. The fraction of sp³-hybridized carbons (Fsp3) is 0.533. The van der Waals surface area contributed by atoms with Crippen molar-refractivity contribution in [2.45, 2.75) is 24.5 Å². The molecule has 4 amide bonds. The van der Waals surface area contributed by atoms with Gasteiger partial charge in [0.05, 0.1) is 31.6 Å². The number of aromatic nitrogens is 2. The Hall–Kier alpha value is -2.91. The molecule has 1 aromatic rings. The number of carbonyl (C=O) groups excluding carboxylic acids is 3. The maximum absolute atomic E-state index is 12.6. The Morgan fingerprint density at radius 1 is 1.20 bits per heavy atom. The number of ether oxygens (including phenoxy) is 1. The van der Waals surface area contributed by atoms with Crippen molar-refractivity contribution in [1.82, 2.24) is 30.4 Å². The molecule has 132 valence electrons. The van der Waals surface area contributed by atoms with Gasteiger partial charge in [-0.1, -0.05) is 0 Å². The third-order valence-corrected chi connectivity index (χ3v) is 4.91. The highest BCUT2D eigenvalue weighted by molar-refractivity contribution is 5.93. The van der Waals surface area contributed by atoms with Gasteiger partial charge in [0.1, 0.15) is 6.04 Å². The zero-order valence-electron chi connectivity index (χ0n) is 13.6. The molecular weight excluding hydrogens is 328 g/mol. The number of hydrogen-bond acceptors (Lipinski definition) is 6. The van der Waals surface area contributed by atoms with Gasteiger partial charge < -0.3 is 25.2 Å². The van der Waals surface area contributed by atoms with Crippen molar-refractivity contribution >= 4 is 17.8 Å². The summed E-state index contributed by atoms with van der Waals surface area (Å²) in [7, 11) is 1.51. The largest absolute Gasteiger partial charge is 0.494 e. The minimum absolute atomic E-state index is 0.0304. The van der Waals surface area contributed by atoms with Gasteiger partial charge in [0.25, 0.3) is 5.91 Å². The van der Waals surface area contributed by atoms with Gasteiger partial charge in [-0.15, -0.1) is 0 Å². The van der Waals surface area contributed by atoms with Gasteiger partial charge in [-0.2, -0.15) is 0 Å². The molecule has 10 nitrogen and oxygen atoms in total. The number of fused-ring (bicyclic) bond motifs is 2. The van der Waals surface area contributed by atoms with E-state index in [-0.39, 0.29) is 35.8 Å². The van der Waals surface area contributed by atoms with Gasteiger partial charge in [-0.25, -0.2) is 14.8 Å². The van der Waals surface area contributed by atoms with Crippen LogP contribution in [0, 0.1) is 0 Å². The molecule has 3 aliphatic heterocycles. The van der Waals surface area contributed by atoms with Gasteiger partial charge in [0, 0.05) is 19.6 Å². The van der Waals surface area contributed by atoms with Crippen molar-refractivity contribution in [2.75, 3.05) is 26.7 Å². The van der Waals surface area contributed by atoms with Crippen LogP contribution in [0.15, 0.2) is 12.4 Å². The lowest BCUT2D eigenvalue weighted by atomic mass is 10.2. The highest BCUT2D eigenvalue weighted by Crippen LogP contribution is 2.32. The van der Waals surface area contributed by atoms with E-state index >= 15 is 0 Å². The first-order valence-electron chi connectivity index (χ1n) is 8.08. The maximum Gasteiger partial charge on any atom is 0.315 e. The molecule has 4 heterocycles. The van der Waals surface area contributed by atoms with Gasteiger partial charge >= 0.3 is 6.03 Å². The molecule has 0 aliphatic carbocycles. The Labute approximate surface area is 143 Å². The Kier molecular flexibility index (Phi) is 3.66. The zero-order valence-corrected chi connectivity index (χ0v) is 13.6. The summed E-state index contributed by atoms with van der Waals surface area (Å²) in [5, 5.41) is 5.19. The molecular formula is C15H18N6O4. The summed E-state index contributed by atoms with van der Waals surface area (Å²) < 4.78 is 4.99. The number of nitrogens with one attached hydrogen (secondary N) is 2. The SMILES string of the molecule is COc1cnc(C(=O)N2C[C@@H]3C[C@H]2CN3C(=O)[C@@H]2CNC(=O)N2)nc1. The van der Waals surface area contributed by atoms with E-state index in [4.69, 9.17) is 4.74 Å². The molecule has 2 bridgehead atoms. The highest BCUT2D eigenvalue weighted by Gasteiger charge is 2.49. The van der Waals surface area contributed by atoms with Crippen LogP contribution < -0.4 is 15.4 Å². The summed E-state index contributed by atoms with van der Waals surface area (Å²) in [5.74, 6) is 0.277. The van der Waals surface area contributed by atoms with Crippen molar-refractivity contribution in [3.8, 4) is 5.75 Å². The number of nitrogens with zero attached hydrogens (tertiary/aromatic N) is 4. The first kappa shape index (κ1) is 15.6. The lowest BCUT2D eigenvalue weighted by Crippen LogP contribution is -2.55. The number of amides is 4. The molecule has 3 atom stereocenters. The second-order valence-electron chi connectivity index (χ2n) is 6.34. The van der Waals surface area contributed by atoms with Crippen molar-refractivity contribution in [3.05, 3.63) is 18.2 Å². The van der Waals surface area contributed by atoms with Crippen LogP contribution in [-0.2, 0) is 4.79 Å². The zero-order chi connectivity index (χ0) is 17.6. The summed E-state index contributed by atoms with van der Waals surface area (Å²) in [6, 6.07) is -0.925. The molecule has 2 N–H and O–H groups in total. The first-order valence-corrected chi connectivity index (χ1v) is 8.08. The van der Waals surface area contributed by atoms with Gasteiger partial charge in [0.15, 0.2) is 5.75 Å². The average molecular weight is 346 g/mol. The molecule has 3 fully saturated rings. The topological polar surface area (TPSA) is 117 Å². The fourth-order valence-electron chi connectivity index (χ4n) is 3.65. The highest BCUT2D eigenvalue weighted by atomic mass is 16.5. The Bertz CT molecular complexity index is 723. The minimum Gasteiger partial charge on any atom is -0.494 e. The van der Waals surface area contributed by atoms with Crippen LogP contribution in [-0.4, -0.2) is 82.5 Å². The fourth-order valence-corrected chi connectivity index (χ4v) is 3.65.